The molecule has 116 valence electrons. The zero-order chi connectivity index (χ0) is 15.8. The predicted molar refractivity (Wildman–Crippen MR) is 82.6 cm³/mol. The van der Waals surface area contributed by atoms with E-state index in [1.165, 1.54) is 7.11 Å². The first-order chi connectivity index (χ1) is 9.93. The summed E-state index contributed by atoms with van der Waals surface area (Å²) in [5, 5.41) is 2.73. The van der Waals surface area contributed by atoms with Gasteiger partial charge in [0.25, 0.3) is 0 Å². The van der Waals surface area contributed by atoms with E-state index in [-0.39, 0.29) is 5.91 Å². The molecule has 0 saturated carbocycles. The van der Waals surface area contributed by atoms with Gasteiger partial charge in [-0.05, 0) is 30.4 Å². The Labute approximate surface area is 125 Å². The van der Waals surface area contributed by atoms with Crippen molar-refractivity contribution in [3.63, 3.8) is 0 Å². The number of nitrogens with one attached hydrogen (secondary N) is 1. The number of para-hydroxylation sites is 1. The van der Waals surface area contributed by atoms with Crippen molar-refractivity contribution < 1.29 is 14.3 Å². The van der Waals surface area contributed by atoms with Crippen molar-refractivity contribution >= 4 is 17.6 Å². The summed E-state index contributed by atoms with van der Waals surface area (Å²) >= 11 is 0. The van der Waals surface area contributed by atoms with Crippen molar-refractivity contribution in [3.05, 3.63) is 29.8 Å². The summed E-state index contributed by atoms with van der Waals surface area (Å²) in [5.41, 5.74) is 7.45. The Morgan fingerprint density at radius 3 is 2.52 bits per heavy atom. The quantitative estimate of drug-likeness (QED) is 0.594. The lowest BCUT2D eigenvalue weighted by atomic mass is 10.0. The lowest BCUT2D eigenvalue weighted by Crippen LogP contribution is -2.42. The molecule has 5 nitrogen and oxygen atoms in total. The number of rotatable bonds is 7. The predicted octanol–water partition coefficient (Wildman–Crippen LogP) is 1.91. The van der Waals surface area contributed by atoms with Gasteiger partial charge in [0.2, 0.25) is 5.91 Å². The highest BCUT2D eigenvalue weighted by Crippen LogP contribution is 2.13. The number of aryl methyl sites for hydroxylation is 1. The van der Waals surface area contributed by atoms with Crippen LogP contribution in [0.15, 0.2) is 24.3 Å². The van der Waals surface area contributed by atoms with Crippen LogP contribution in [0.25, 0.3) is 0 Å². The molecule has 1 aromatic carbocycles. The molecule has 3 N–H and O–H groups in total. The van der Waals surface area contributed by atoms with Crippen molar-refractivity contribution in [2.75, 3.05) is 12.8 Å². The number of benzene rings is 1. The van der Waals surface area contributed by atoms with E-state index in [1.54, 1.807) is 0 Å². The maximum Gasteiger partial charge on any atom is 0.328 e. The van der Waals surface area contributed by atoms with E-state index >= 15 is 0 Å². The number of ether oxygens (including phenoxy) is 1. The van der Waals surface area contributed by atoms with Crippen LogP contribution in [0.1, 0.15) is 32.3 Å². The van der Waals surface area contributed by atoms with Gasteiger partial charge in [-0.1, -0.05) is 32.0 Å². The van der Waals surface area contributed by atoms with E-state index in [9.17, 15) is 9.59 Å². The largest absolute Gasteiger partial charge is 0.467 e. The third-order valence-electron chi connectivity index (χ3n) is 3.20. The van der Waals surface area contributed by atoms with Gasteiger partial charge in [-0.2, -0.15) is 0 Å². The second-order valence-electron chi connectivity index (χ2n) is 5.47. The van der Waals surface area contributed by atoms with E-state index in [2.05, 4.69) is 5.32 Å². The van der Waals surface area contributed by atoms with Crippen molar-refractivity contribution in [2.24, 2.45) is 5.92 Å². The molecule has 0 aliphatic carbocycles. The standard InChI is InChI=1S/C16H24N2O3/c1-11(2)10-14(16(20)21-3)18-15(19)9-8-12-6-4-5-7-13(12)17/h4-7,11,14H,8-10,17H2,1-3H3,(H,18,19)/t14-/m0/s1. The van der Waals surface area contributed by atoms with Crippen LogP contribution in [-0.4, -0.2) is 25.0 Å². The summed E-state index contributed by atoms with van der Waals surface area (Å²) in [7, 11) is 1.33. The number of hydrogen-bond acceptors (Lipinski definition) is 4. The molecule has 0 aliphatic rings. The second kappa shape index (κ2) is 8.29. The summed E-state index contributed by atoms with van der Waals surface area (Å²) in [4.78, 5) is 23.6. The fraction of sp³-hybridized carbons (Fsp3) is 0.500. The fourth-order valence-corrected chi connectivity index (χ4v) is 2.10. The van der Waals surface area contributed by atoms with Crippen LogP contribution in [0.3, 0.4) is 0 Å². The molecule has 0 fully saturated rings. The van der Waals surface area contributed by atoms with Gasteiger partial charge in [0.1, 0.15) is 6.04 Å². The van der Waals surface area contributed by atoms with Gasteiger partial charge in [-0.25, -0.2) is 4.79 Å². The summed E-state index contributed by atoms with van der Waals surface area (Å²) in [6.45, 7) is 3.99. The van der Waals surface area contributed by atoms with Gasteiger partial charge in [0.15, 0.2) is 0 Å². The van der Waals surface area contributed by atoms with Gasteiger partial charge in [-0.3, -0.25) is 4.79 Å². The SMILES string of the molecule is COC(=O)[C@H](CC(C)C)NC(=O)CCc1ccccc1N. The third kappa shape index (κ3) is 5.85. The monoisotopic (exact) mass is 292 g/mol. The van der Waals surface area contributed by atoms with Crippen LogP contribution in [0.4, 0.5) is 5.69 Å². The minimum absolute atomic E-state index is 0.172. The molecule has 0 radical (unpaired) electrons. The first kappa shape index (κ1) is 17.0. The minimum atomic E-state index is -0.587. The van der Waals surface area contributed by atoms with Crippen molar-refractivity contribution in [1.82, 2.24) is 5.32 Å². The van der Waals surface area contributed by atoms with Crippen LogP contribution in [-0.2, 0) is 20.7 Å². The molecule has 0 aliphatic heterocycles. The maximum absolute atomic E-state index is 12.0. The molecule has 0 bridgehead atoms. The Hall–Kier alpha value is -2.04. The first-order valence-corrected chi connectivity index (χ1v) is 7.14. The van der Waals surface area contributed by atoms with E-state index in [0.29, 0.717) is 30.9 Å². The number of carbonyl (C=O) groups excluding carboxylic acids is 2. The van der Waals surface area contributed by atoms with Crippen LogP contribution in [0, 0.1) is 5.92 Å². The maximum atomic E-state index is 12.0. The van der Waals surface area contributed by atoms with Crippen molar-refractivity contribution in [3.8, 4) is 0 Å². The summed E-state index contributed by atoms with van der Waals surface area (Å²) < 4.78 is 4.72. The average molecular weight is 292 g/mol. The Morgan fingerprint density at radius 1 is 1.29 bits per heavy atom. The molecule has 1 aromatic rings. The number of nitrogen functional groups attached to an aromatic ring is 1. The number of hydrogen-bond donors (Lipinski definition) is 2. The lowest BCUT2D eigenvalue weighted by molar-refractivity contribution is -0.145. The highest BCUT2D eigenvalue weighted by atomic mass is 16.5. The number of carbonyl (C=O) groups is 2. The second-order valence-corrected chi connectivity index (χ2v) is 5.47. The molecule has 21 heavy (non-hydrogen) atoms. The molecular weight excluding hydrogens is 268 g/mol. The minimum Gasteiger partial charge on any atom is -0.467 e. The van der Waals surface area contributed by atoms with Gasteiger partial charge in [-0.15, -0.1) is 0 Å². The van der Waals surface area contributed by atoms with Crippen LogP contribution in [0.2, 0.25) is 0 Å². The van der Waals surface area contributed by atoms with Gasteiger partial charge in [0.05, 0.1) is 7.11 Å². The van der Waals surface area contributed by atoms with E-state index in [4.69, 9.17) is 10.5 Å². The molecule has 1 rings (SSSR count). The van der Waals surface area contributed by atoms with Crippen LogP contribution < -0.4 is 11.1 Å². The number of anilines is 1. The highest BCUT2D eigenvalue weighted by molar-refractivity contribution is 5.84. The van der Waals surface area contributed by atoms with Gasteiger partial charge in [0, 0.05) is 12.1 Å². The first-order valence-electron chi connectivity index (χ1n) is 7.14. The Morgan fingerprint density at radius 2 is 1.95 bits per heavy atom. The number of amides is 1. The molecule has 1 amide bonds. The topological polar surface area (TPSA) is 81.4 Å². The summed E-state index contributed by atoms with van der Waals surface area (Å²) in [6.07, 6.45) is 1.40. The molecule has 0 unspecified atom stereocenters. The fourth-order valence-electron chi connectivity index (χ4n) is 2.10. The van der Waals surface area contributed by atoms with Crippen molar-refractivity contribution in [1.29, 1.82) is 0 Å². The molecule has 0 spiro atoms. The third-order valence-corrected chi connectivity index (χ3v) is 3.20. The number of nitrogens with two attached hydrogens (primary N) is 1. The smallest absolute Gasteiger partial charge is 0.328 e. The van der Waals surface area contributed by atoms with Crippen molar-refractivity contribution in [2.45, 2.75) is 39.2 Å². The molecule has 5 heteroatoms. The van der Waals surface area contributed by atoms with E-state index < -0.39 is 12.0 Å². The van der Waals surface area contributed by atoms with Crippen LogP contribution in [0.5, 0.6) is 0 Å². The van der Waals surface area contributed by atoms with Gasteiger partial charge >= 0.3 is 5.97 Å². The number of methoxy groups -OCH3 is 1. The average Bonchev–Trinajstić information content (AvgIpc) is 2.44. The lowest BCUT2D eigenvalue weighted by Gasteiger charge is -2.18. The molecule has 0 heterocycles. The zero-order valence-corrected chi connectivity index (χ0v) is 12.9. The molecular formula is C16H24N2O3. The molecule has 1 atom stereocenters. The Kier molecular flexibility index (Phi) is 6.72. The van der Waals surface area contributed by atoms with E-state index in [0.717, 1.165) is 5.56 Å². The van der Waals surface area contributed by atoms with E-state index in [1.807, 2.05) is 38.1 Å². The zero-order valence-electron chi connectivity index (χ0n) is 12.9. The van der Waals surface area contributed by atoms with Crippen LogP contribution >= 0.6 is 0 Å². The Bertz CT molecular complexity index is 486. The van der Waals surface area contributed by atoms with Gasteiger partial charge < -0.3 is 15.8 Å². The molecule has 0 aromatic heterocycles. The summed E-state index contributed by atoms with van der Waals surface area (Å²) in [6, 6.07) is 6.86. The molecule has 0 saturated heterocycles. The number of esters is 1. The normalized spacial score (nSPS) is 12.0. The Balaban J connectivity index is 2.54. The summed E-state index contributed by atoms with van der Waals surface area (Å²) in [5.74, 6) is -0.287. The highest BCUT2D eigenvalue weighted by Gasteiger charge is 2.22.